The number of anilines is 1. The molecule has 0 aliphatic carbocycles. The third-order valence-corrected chi connectivity index (χ3v) is 6.32. The van der Waals surface area contributed by atoms with Crippen molar-refractivity contribution in [2.45, 2.75) is 5.75 Å². The minimum absolute atomic E-state index is 0.0601. The lowest BCUT2D eigenvalue weighted by Gasteiger charge is -2.21. The van der Waals surface area contributed by atoms with Crippen molar-refractivity contribution in [3.8, 4) is 0 Å². The maximum absolute atomic E-state index is 12.2. The molecule has 0 aliphatic heterocycles. The molecule has 0 spiro atoms. The first-order valence-corrected chi connectivity index (χ1v) is 11.9. The Morgan fingerprint density at radius 3 is 2.62 bits per heavy atom. The molecule has 0 saturated carbocycles. The molecule has 29 heavy (non-hydrogen) atoms. The Balaban J connectivity index is 1.90. The lowest BCUT2D eigenvalue weighted by Crippen LogP contribution is -2.41. The maximum atomic E-state index is 12.2. The predicted molar refractivity (Wildman–Crippen MR) is 116 cm³/mol. The number of carbonyl (C=O) groups excluding carboxylic acids is 1. The number of non-ortho nitro benzene ring substituents is 1. The van der Waals surface area contributed by atoms with Gasteiger partial charge in [-0.05, 0) is 17.7 Å². The van der Waals surface area contributed by atoms with Crippen molar-refractivity contribution in [3.05, 3.63) is 69.2 Å². The second kappa shape index (κ2) is 10.5. The summed E-state index contributed by atoms with van der Waals surface area (Å²) in [7, 11) is -3.80. The highest BCUT2D eigenvalue weighted by Gasteiger charge is 2.22. The normalized spacial score (nSPS) is 11.1. The molecule has 0 heterocycles. The van der Waals surface area contributed by atoms with E-state index in [-0.39, 0.29) is 11.4 Å². The molecule has 0 fully saturated rings. The van der Waals surface area contributed by atoms with Gasteiger partial charge in [-0.3, -0.25) is 19.2 Å². The van der Waals surface area contributed by atoms with Crippen LogP contribution in [0.3, 0.4) is 0 Å². The Labute approximate surface area is 178 Å². The largest absolute Gasteiger partial charge is 0.354 e. The standard InChI is InChI=1S/C18H20ClN3O5S2/c1-29(26,27)21(15-6-4-7-16(11-15)22(24)25)12-18(23)20-9-10-28-13-14-5-2-3-8-17(14)19/h2-8,11H,9-10,12-13H2,1H3,(H,20,23). The molecule has 11 heteroatoms. The molecule has 0 unspecified atom stereocenters. The van der Waals surface area contributed by atoms with E-state index in [9.17, 15) is 23.3 Å². The van der Waals surface area contributed by atoms with Gasteiger partial charge in [0.25, 0.3) is 5.69 Å². The lowest BCUT2D eigenvalue weighted by molar-refractivity contribution is -0.384. The van der Waals surface area contributed by atoms with Crippen LogP contribution >= 0.6 is 23.4 Å². The van der Waals surface area contributed by atoms with E-state index in [2.05, 4.69) is 5.32 Å². The molecule has 0 saturated heterocycles. The van der Waals surface area contributed by atoms with E-state index in [1.165, 1.54) is 18.2 Å². The summed E-state index contributed by atoms with van der Waals surface area (Å²) in [5.74, 6) is 0.811. The van der Waals surface area contributed by atoms with Gasteiger partial charge >= 0.3 is 0 Å². The molecule has 2 aromatic rings. The molecule has 0 aromatic heterocycles. The minimum Gasteiger partial charge on any atom is -0.354 e. The van der Waals surface area contributed by atoms with E-state index in [1.54, 1.807) is 11.8 Å². The van der Waals surface area contributed by atoms with Crippen LogP contribution in [-0.2, 0) is 20.6 Å². The maximum Gasteiger partial charge on any atom is 0.271 e. The fourth-order valence-corrected chi connectivity index (χ4v) is 4.40. The zero-order valence-electron chi connectivity index (χ0n) is 15.6. The quantitative estimate of drug-likeness (QED) is 0.333. The second-order valence-electron chi connectivity index (χ2n) is 6.04. The molecule has 156 valence electrons. The highest BCUT2D eigenvalue weighted by atomic mass is 35.5. The van der Waals surface area contributed by atoms with Gasteiger partial charge in [-0.2, -0.15) is 11.8 Å². The molecule has 8 nitrogen and oxygen atoms in total. The van der Waals surface area contributed by atoms with Crippen LogP contribution in [0, 0.1) is 10.1 Å². The number of amides is 1. The monoisotopic (exact) mass is 457 g/mol. The van der Waals surface area contributed by atoms with E-state index < -0.39 is 27.4 Å². The van der Waals surface area contributed by atoms with Crippen molar-refractivity contribution >= 4 is 50.7 Å². The van der Waals surface area contributed by atoms with E-state index in [0.29, 0.717) is 23.1 Å². The Morgan fingerprint density at radius 1 is 1.24 bits per heavy atom. The number of nitrogens with one attached hydrogen (secondary N) is 1. The van der Waals surface area contributed by atoms with Crippen molar-refractivity contribution in [2.75, 3.05) is 29.4 Å². The highest BCUT2D eigenvalue weighted by Crippen LogP contribution is 2.23. The molecular weight excluding hydrogens is 438 g/mol. The highest BCUT2D eigenvalue weighted by molar-refractivity contribution is 7.98. The number of carbonyl (C=O) groups is 1. The SMILES string of the molecule is CS(=O)(=O)N(CC(=O)NCCSCc1ccccc1Cl)c1cccc([N+](=O)[O-])c1. The third kappa shape index (κ3) is 7.22. The van der Waals surface area contributed by atoms with Crippen LogP contribution in [-0.4, -0.2) is 44.3 Å². The van der Waals surface area contributed by atoms with Gasteiger partial charge in [0.15, 0.2) is 0 Å². The first-order chi connectivity index (χ1) is 13.7. The smallest absolute Gasteiger partial charge is 0.271 e. The molecule has 0 aliphatic rings. The van der Waals surface area contributed by atoms with Crippen molar-refractivity contribution in [3.63, 3.8) is 0 Å². The fraction of sp³-hybridized carbons (Fsp3) is 0.278. The molecule has 2 aromatic carbocycles. The van der Waals surface area contributed by atoms with Gasteiger partial charge in [-0.1, -0.05) is 35.9 Å². The first kappa shape index (κ1) is 23.0. The molecule has 0 atom stereocenters. The molecule has 1 N–H and O–H groups in total. The first-order valence-electron chi connectivity index (χ1n) is 8.48. The van der Waals surface area contributed by atoms with Gasteiger partial charge < -0.3 is 5.32 Å². The van der Waals surface area contributed by atoms with Crippen molar-refractivity contribution in [2.24, 2.45) is 0 Å². The van der Waals surface area contributed by atoms with Crippen molar-refractivity contribution in [1.29, 1.82) is 0 Å². The summed E-state index contributed by atoms with van der Waals surface area (Å²) in [6.07, 6.45) is 0.943. The van der Waals surface area contributed by atoms with E-state index in [0.717, 1.165) is 22.2 Å². The summed E-state index contributed by atoms with van der Waals surface area (Å²) in [6, 6.07) is 12.6. The van der Waals surface area contributed by atoms with Crippen LogP contribution in [0.25, 0.3) is 0 Å². The van der Waals surface area contributed by atoms with Crippen LogP contribution in [0.1, 0.15) is 5.56 Å². The summed E-state index contributed by atoms with van der Waals surface area (Å²) in [4.78, 5) is 22.5. The summed E-state index contributed by atoms with van der Waals surface area (Å²) in [5.41, 5.74) is 0.803. The summed E-state index contributed by atoms with van der Waals surface area (Å²) >= 11 is 7.67. The molecule has 2 rings (SSSR count). The Hall–Kier alpha value is -2.30. The van der Waals surface area contributed by atoms with Crippen LogP contribution in [0.4, 0.5) is 11.4 Å². The molecule has 0 bridgehead atoms. The fourth-order valence-electron chi connectivity index (χ4n) is 2.41. The number of nitrogens with zero attached hydrogens (tertiary/aromatic N) is 2. The topological polar surface area (TPSA) is 110 Å². The van der Waals surface area contributed by atoms with Crippen LogP contribution in [0.15, 0.2) is 48.5 Å². The number of hydrogen-bond acceptors (Lipinski definition) is 6. The number of halogens is 1. The van der Waals surface area contributed by atoms with Gasteiger partial charge in [0.2, 0.25) is 15.9 Å². The predicted octanol–water partition coefficient (Wildman–Crippen LogP) is 3.06. The van der Waals surface area contributed by atoms with Crippen LogP contribution in [0.5, 0.6) is 0 Å². The Kier molecular flexibility index (Phi) is 8.30. The molecule has 0 radical (unpaired) electrons. The van der Waals surface area contributed by atoms with E-state index in [1.807, 2.05) is 24.3 Å². The van der Waals surface area contributed by atoms with E-state index in [4.69, 9.17) is 11.6 Å². The van der Waals surface area contributed by atoms with E-state index >= 15 is 0 Å². The van der Waals surface area contributed by atoms with Crippen molar-refractivity contribution < 1.29 is 18.1 Å². The van der Waals surface area contributed by atoms with Gasteiger partial charge in [-0.15, -0.1) is 0 Å². The molecular formula is C18H20ClN3O5S2. The second-order valence-corrected chi connectivity index (χ2v) is 9.46. The van der Waals surface area contributed by atoms with Gasteiger partial charge in [-0.25, -0.2) is 8.42 Å². The number of nitro benzene ring substituents is 1. The van der Waals surface area contributed by atoms with Gasteiger partial charge in [0, 0.05) is 35.2 Å². The minimum atomic E-state index is -3.80. The van der Waals surface area contributed by atoms with Crippen LogP contribution in [0.2, 0.25) is 5.02 Å². The summed E-state index contributed by atoms with van der Waals surface area (Å²) < 4.78 is 25.0. The molecule has 1 amide bonds. The number of sulfonamides is 1. The average Bonchev–Trinajstić information content (AvgIpc) is 2.66. The number of hydrogen-bond donors (Lipinski definition) is 1. The lowest BCUT2D eigenvalue weighted by atomic mass is 10.2. The van der Waals surface area contributed by atoms with Crippen LogP contribution < -0.4 is 9.62 Å². The Morgan fingerprint density at radius 2 is 1.97 bits per heavy atom. The zero-order chi connectivity index (χ0) is 21.4. The van der Waals surface area contributed by atoms with Gasteiger partial charge in [0.05, 0.1) is 16.9 Å². The summed E-state index contributed by atoms with van der Waals surface area (Å²) in [5, 5.41) is 14.3. The number of thioether (sulfide) groups is 1. The zero-order valence-corrected chi connectivity index (χ0v) is 18.0. The average molecular weight is 458 g/mol. The Bertz CT molecular complexity index is 985. The summed E-state index contributed by atoms with van der Waals surface area (Å²) in [6.45, 7) is -0.115. The van der Waals surface area contributed by atoms with Crippen molar-refractivity contribution in [1.82, 2.24) is 5.32 Å². The van der Waals surface area contributed by atoms with Gasteiger partial charge in [0.1, 0.15) is 6.54 Å². The number of nitro groups is 1. The number of rotatable bonds is 10. The third-order valence-electron chi connectivity index (χ3n) is 3.80. The number of benzene rings is 2.